The average molecular weight is 434 g/mol. The van der Waals surface area contributed by atoms with Gasteiger partial charge in [0.1, 0.15) is 9.71 Å². The highest BCUT2D eigenvalue weighted by Crippen LogP contribution is 2.36. The zero-order valence-corrected chi connectivity index (χ0v) is 18.9. The fourth-order valence-electron chi connectivity index (χ4n) is 5.10. The van der Waals surface area contributed by atoms with Crippen molar-refractivity contribution in [1.82, 2.24) is 9.88 Å². The SMILES string of the molecule is Nc1c(C(=O)N2CCC(Cc3ccccc3)CC2)sc2nc3c(cc12)CCCCCC3. The van der Waals surface area contributed by atoms with Gasteiger partial charge >= 0.3 is 0 Å². The minimum absolute atomic E-state index is 0.0890. The number of piperidine rings is 1. The van der Waals surface area contributed by atoms with E-state index in [4.69, 9.17) is 10.7 Å². The van der Waals surface area contributed by atoms with Gasteiger partial charge in [-0.1, -0.05) is 43.2 Å². The number of nitrogens with two attached hydrogens (primary N) is 1. The van der Waals surface area contributed by atoms with E-state index in [9.17, 15) is 4.79 Å². The van der Waals surface area contributed by atoms with Crippen LogP contribution in [0.5, 0.6) is 0 Å². The van der Waals surface area contributed by atoms with Crippen LogP contribution < -0.4 is 5.73 Å². The number of fused-ring (bicyclic) bond motifs is 2. The summed E-state index contributed by atoms with van der Waals surface area (Å²) in [7, 11) is 0. The number of rotatable bonds is 3. The Bertz CT molecular complexity index is 1070. The molecule has 1 aliphatic heterocycles. The van der Waals surface area contributed by atoms with Gasteiger partial charge in [0, 0.05) is 24.2 Å². The van der Waals surface area contributed by atoms with E-state index in [2.05, 4.69) is 36.4 Å². The van der Waals surface area contributed by atoms with Crippen LogP contribution in [-0.4, -0.2) is 28.9 Å². The van der Waals surface area contributed by atoms with E-state index >= 15 is 0 Å². The molecular formula is C26H31N3OS. The van der Waals surface area contributed by atoms with Crippen LogP contribution in [-0.2, 0) is 19.3 Å². The van der Waals surface area contributed by atoms with Crippen LogP contribution in [0.4, 0.5) is 5.69 Å². The van der Waals surface area contributed by atoms with Gasteiger partial charge in [-0.2, -0.15) is 0 Å². The Labute approximate surface area is 188 Å². The predicted molar refractivity (Wildman–Crippen MR) is 129 cm³/mol. The Morgan fingerprint density at radius 2 is 1.81 bits per heavy atom. The Morgan fingerprint density at radius 1 is 1.06 bits per heavy atom. The highest BCUT2D eigenvalue weighted by Gasteiger charge is 2.27. The maximum Gasteiger partial charge on any atom is 0.266 e. The summed E-state index contributed by atoms with van der Waals surface area (Å²) >= 11 is 1.49. The molecule has 5 rings (SSSR count). The first-order valence-electron chi connectivity index (χ1n) is 11.7. The summed E-state index contributed by atoms with van der Waals surface area (Å²) < 4.78 is 0. The van der Waals surface area contributed by atoms with Gasteiger partial charge in [0.25, 0.3) is 5.91 Å². The summed E-state index contributed by atoms with van der Waals surface area (Å²) in [6.07, 6.45) is 10.3. The Kier molecular flexibility index (Phi) is 5.95. The number of benzene rings is 1. The second kappa shape index (κ2) is 8.99. The van der Waals surface area contributed by atoms with E-state index < -0.39 is 0 Å². The number of thiophene rings is 1. The molecule has 1 aromatic carbocycles. The molecule has 0 unspecified atom stereocenters. The number of carbonyl (C=O) groups excluding carboxylic acids is 1. The van der Waals surface area contributed by atoms with Gasteiger partial charge in [0.15, 0.2) is 0 Å². The van der Waals surface area contributed by atoms with Gasteiger partial charge in [0.2, 0.25) is 0 Å². The van der Waals surface area contributed by atoms with Crippen LogP contribution in [0.15, 0.2) is 36.4 Å². The van der Waals surface area contributed by atoms with Crippen molar-refractivity contribution in [2.45, 2.75) is 57.8 Å². The van der Waals surface area contributed by atoms with Crippen molar-refractivity contribution in [2.24, 2.45) is 5.92 Å². The number of carbonyl (C=O) groups is 1. The van der Waals surface area contributed by atoms with Crippen LogP contribution in [0.3, 0.4) is 0 Å². The van der Waals surface area contributed by atoms with Crippen molar-refractivity contribution < 1.29 is 4.79 Å². The normalized spacial score (nSPS) is 17.9. The van der Waals surface area contributed by atoms with Gasteiger partial charge in [-0.05, 0) is 68.1 Å². The number of likely N-dealkylation sites (tertiary alicyclic amines) is 1. The van der Waals surface area contributed by atoms with Gasteiger partial charge in [0.05, 0.1) is 5.69 Å². The average Bonchev–Trinajstić information content (AvgIpc) is 3.10. The van der Waals surface area contributed by atoms with Crippen molar-refractivity contribution in [3.8, 4) is 0 Å². The number of hydrogen-bond donors (Lipinski definition) is 1. The van der Waals surface area contributed by atoms with E-state index in [1.54, 1.807) is 0 Å². The van der Waals surface area contributed by atoms with Gasteiger partial charge in [-0.3, -0.25) is 4.79 Å². The third-order valence-electron chi connectivity index (χ3n) is 6.96. The lowest BCUT2D eigenvalue weighted by Gasteiger charge is -2.32. The molecule has 3 heterocycles. The number of nitrogens with zero attached hydrogens (tertiary/aromatic N) is 2. The van der Waals surface area contributed by atoms with Crippen molar-refractivity contribution in [1.29, 1.82) is 0 Å². The number of anilines is 1. The molecule has 31 heavy (non-hydrogen) atoms. The molecule has 1 aliphatic carbocycles. The summed E-state index contributed by atoms with van der Waals surface area (Å²) in [5.74, 6) is 0.735. The van der Waals surface area contributed by atoms with Crippen LogP contribution in [0.1, 0.15) is 65.0 Å². The lowest BCUT2D eigenvalue weighted by Crippen LogP contribution is -2.38. The number of hydrogen-bond acceptors (Lipinski definition) is 4. The first-order valence-corrected chi connectivity index (χ1v) is 12.5. The van der Waals surface area contributed by atoms with E-state index in [0.29, 0.717) is 16.5 Å². The van der Waals surface area contributed by atoms with Gasteiger partial charge in [-0.15, -0.1) is 11.3 Å². The lowest BCUT2D eigenvalue weighted by atomic mass is 9.90. The Hall–Kier alpha value is -2.40. The molecule has 1 saturated heterocycles. The highest BCUT2D eigenvalue weighted by atomic mass is 32.1. The second-order valence-corrected chi connectivity index (χ2v) is 10.1. The van der Waals surface area contributed by atoms with Crippen LogP contribution in [0.25, 0.3) is 10.2 Å². The molecule has 0 atom stereocenters. The minimum Gasteiger partial charge on any atom is -0.397 e. The summed E-state index contributed by atoms with van der Waals surface area (Å²) in [6, 6.07) is 12.9. The molecule has 0 spiro atoms. The van der Waals surface area contributed by atoms with Crippen molar-refractivity contribution in [3.05, 3.63) is 58.1 Å². The molecular weight excluding hydrogens is 402 g/mol. The third kappa shape index (κ3) is 4.33. The quantitative estimate of drug-likeness (QED) is 0.582. The monoisotopic (exact) mass is 433 g/mol. The predicted octanol–water partition coefficient (Wildman–Crippen LogP) is 5.63. The topological polar surface area (TPSA) is 59.2 Å². The Balaban J connectivity index is 1.31. The number of nitrogen functional groups attached to an aromatic ring is 1. The Morgan fingerprint density at radius 3 is 2.58 bits per heavy atom. The highest BCUT2D eigenvalue weighted by molar-refractivity contribution is 7.21. The fourth-order valence-corrected chi connectivity index (χ4v) is 6.17. The molecule has 1 amide bonds. The molecule has 0 radical (unpaired) electrons. The van der Waals surface area contributed by atoms with Crippen LogP contribution in [0, 0.1) is 5.92 Å². The number of amides is 1. The molecule has 5 heteroatoms. The molecule has 3 aromatic rings. The van der Waals surface area contributed by atoms with Crippen molar-refractivity contribution >= 4 is 33.1 Å². The summed E-state index contributed by atoms with van der Waals surface area (Å²) in [5.41, 5.74) is 11.1. The zero-order chi connectivity index (χ0) is 21.2. The molecule has 2 aliphatic rings. The number of aromatic nitrogens is 1. The van der Waals surface area contributed by atoms with E-state index in [1.807, 2.05) is 4.90 Å². The van der Waals surface area contributed by atoms with Crippen LogP contribution in [0.2, 0.25) is 0 Å². The molecule has 0 saturated carbocycles. The largest absolute Gasteiger partial charge is 0.397 e. The number of pyridine rings is 1. The van der Waals surface area contributed by atoms with E-state index in [0.717, 1.165) is 55.4 Å². The standard InChI is InChI=1S/C26H31N3OS/c27-23-21-17-20-10-6-1-2-7-11-22(20)28-25(21)31-24(23)26(30)29-14-12-19(13-15-29)16-18-8-4-3-5-9-18/h3-5,8-9,17,19H,1-2,6-7,10-16,27H2. The third-order valence-corrected chi connectivity index (χ3v) is 8.07. The van der Waals surface area contributed by atoms with Crippen molar-refractivity contribution in [2.75, 3.05) is 18.8 Å². The summed E-state index contributed by atoms with van der Waals surface area (Å²) in [5, 5.41) is 0.978. The molecule has 4 nitrogen and oxygen atoms in total. The minimum atomic E-state index is 0.0890. The molecule has 2 N–H and O–H groups in total. The molecule has 2 aromatic heterocycles. The molecule has 0 bridgehead atoms. The maximum atomic E-state index is 13.3. The van der Waals surface area contributed by atoms with Gasteiger partial charge in [-0.25, -0.2) is 4.98 Å². The smallest absolute Gasteiger partial charge is 0.266 e. The molecule has 162 valence electrons. The first-order chi connectivity index (χ1) is 15.2. The summed E-state index contributed by atoms with van der Waals surface area (Å²) in [4.78, 5) is 21.9. The fraction of sp³-hybridized carbons (Fsp3) is 0.462. The zero-order valence-electron chi connectivity index (χ0n) is 18.1. The maximum absolute atomic E-state index is 13.3. The number of aryl methyl sites for hydroxylation is 2. The van der Waals surface area contributed by atoms with E-state index in [-0.39, 0.29) is 5.91 Å². The first kappa shape index (κ1) is 20.5. The second-order valence-electron chi connectivity index (χ2n) is 9.13. The molecule has 1 fully saturated rings. The van der Waals surface area contributed by atoms with E-state index in [1.165, 1.54) is 53.8 Å². The van der Waals surface area contributed by atoms with Gasteiger partial charge < -0.3 is 10.6 Å². The summed E-state index contributed by atoms with van der Waals surface area (Å²) in [6.45, 7) is 1.63. The van der Waals surface area contributed by atoms with Crippen molar-refractivity contribution in [3.63, 3.8) is 0 Å². The lowest BCUT2D eigenvalue weighted by molar-refractivity contribution is 0.0696. The van der Waals surface area contributed by atoms with Crippen LogP contribution >= 0.6 is 11.3 Å².